The Morgan fingerprint density at radius 2 is 1.90 bits per heavy atom. The minimum atomic E-state index is -4.36. The SMILES string of the molecule is CNC(CCc1ccc(C(F)(F)F)cc1)C(=O)NCC1OB(O)c2ccccc21. The van der Waals surface area contributed by atoms with Gasteiger partial charge in [0.15, 0.2) is 0 Å². The topological polar surface area (TPSA) is 70.6 Å². The third-order valence-electron chi connectivity index (χ3n) is 5.03. The zero-order valence-electron chi connectivity index (χ0n) is 15.9. The molecule has 0 radical (unpaired) electrons. The molecule has 1 aliphatic rings. The molecule has 0 aromatic heterocycles. The van der Waals surface area contributed by atoms with Crippen LogP contribution in [-0.2, 0) is 22.0 Å². The molecule has 0 fully saturated rings. The van der Waals surface area contributed by atoms with Crippen molar-refractivity contribution >= 4 is 18.5 Å². The third kappa shape index (κ3) is 5.17. The van der Waals surface area contributed by atoms with E-state index in [9.17, 15) is 23.0 Å². The van der Waals surface area contributed by atoms with Gasteiger partial charge in [-0.05, 0) is 48.6 Å². The van der Waals surface area contributed by atoms with Crippen LogP contribution >= 0.6 is 0 Å². The van der Waals surface area contributed by atoms with Crippen LogP contribution in [-0.4, -0.2) is 37.7 Å². The molecule has 0 spiro atoms. The number of hydrogen-bond donors (Lipinski definition) is 3. The van der Waals surface area contributed by atoms with E-state index in [1.54, 1.807) is 13.1 Å². The summed E-state index contributed by atoms with van der Waals surface area (Å²) in [6.07, 6.45) is -3.91. The molecule has 2 aromatic rings. The van der Waals surface area contributed by atoms with Gasteiger partial charge in [-0.25, -0.2) is 0 Å². The highest BCUT2D eigenvalue weighted by atomic mass is 19.4. The second-order valence-corrected chi connectivity index (χ2v) is 6.93. The van der Waals surface area contributed by atoms with Crippen molar-refractivity contribution in [2.75, 3.05) is 13.6 Å². The first-order chi connectivity index (χ1) is 13.8. The number of carbonyl (C=O) groups excluding carboxylic acids is 1. The van der Waals surface area contributed by atoms with Crippen LogP contribution in [0, 0.1) is 0 Å². The van der Waals surface area contributed by atoms with E-state index < -0.39 is 31.0 Å². The van der Waals surface area contributed by atoms with Gasteiger partial charge in [0.25, 0.3) is 0 Å². The van der Waals surface area contributed by atoms with Crippen molar-refractivity contribution in [1.29, 1.82) is 0 Å². The van der Waals surface area contributed by atoms with E-state index in [0.717, 1.165) is 23.3 Å². The summed E-state index contributed by atoms with van der Waals surface area (Å²) in [7, 11) is 0.648. The highest BCUT2D eigenvalue weighted by Crippen LogP contribution is 2.29. The number of amides is 1. The summed E-state index contributed by atoms with van der Waals surface area (Å²) in [4.78, 5) is 12.5. The highest BCUT2D eigenvalue weighted by Gasteiger charge is 2.35. The fraction of sp³-hybridized carbons (Fsp3) is 0.350. The van der Waals surface area contributed by atoms with Gasteiger partial charge in [-0.2, -0.15) is 13.2 Å². The Morgan fingerprint density at radius 3 is 2.55 bits per heavy atom. The molecule has 0 saturated carbocycles. The first-order valence-corrected chi connectivity index (χ1v) is 9.33. The van der Waals surface area contributed by atoms with E-state index in [1.165, 1.54) is 12.1 Å². The molecule has 2 unspecified atom stereocenters. The van der Waals surface area contributed by atoms with Gasteiger partial charge in [0, 0.05) is 6.54 Å². The van der Waals surface area contributed by atoms with Crippen molar-refractivity contribution in [2.24, 2.45) is 0 Å². The maximum atomic E-state index is 12.6. The number of likely N-dealkylation sites (N-methyl/N-ethyl adjacent to an activating group) is 1. The molecule has 9 heteroatoms. The third-order valence-corrected chi connectivity index (χ3v) is 5.03. The summed E-state index contributed by atoms with van der Waals surface area (Å²) in [6, 6.07) is 11.7. The van der Waals surface area contributed by atoms with Gasteiger partial charge >= 0.3 is 13.3 Å². The summed E-state index contributed by atoms with van der Waals surface area (Å²) in [5, 5.41) is 15.7. The Bertz CT molecular complexity index is 846. The molecule has 1 aliphatic heterocycles. The lowest BCUT2D eigenvalue weighted by Gasteiger charge is -2.19. The van der Waals surface area contributed by atoms with Gasteiger partial charge in [-0.3, -0.25) is 4.79 Å². The summed E-state index contributed by atoms with van der Waals surface area (Å²) in [5.74, 6) is -0.234. The number of fused-ring (bicyclic) bond motifs is 1. The van der Waals surface area contributed by atoms with Crippen molar-refractivity contribution in [3.05, 3.63) is 65.2 Å². The molecule has 0 bridgehead atoms. The number of alkyl halides is 3. The first-order valence-electron chi connectivity index (χ1n) is 9.33. The smallest absolute Gasteiger partial charge is 0.423 e. The number of benzene rings is 2. The fourth-order valence-electron chi connectivity index (χ4n) is 3.38. The van der Waals surface area contributed by atoms with Crippen LogP contribution in [0.1, 0.15) is 29.2 Å². The average Bonchev–Trinajstić information content (AvgIpc) is 3.02. The van der Waals surface area contributed by atoms with Crippen molar-refractivity contribution in [3.8, 4) is 0 Å². The van der Waals surface area contributed by atoms with E-state index in [-0.39, 0.29) is 12.5 Å². The molecule has 2 aromatic carbocycles. The molecular formula is C20H22BF3N2O3. The Labute approximate surface area is 167 Å². The molecule has 0 aliphatic carbocycles. The molecule has 29 heavy (non-hydrogen) atoms. The molecule has 0 saturated heterocycles. The summed E-state index contributed by atoms with van der Waals surface area (Å²) in [6.45, 7) is 0.214. The second kappa shape index (κ2) is 8.98. The molecule has 3 rings (SSSR count). The van der Waals surface area contributed by atoms with E-state index in [0.29, 0.717) is 18.3 Å². The van der Waals surface area contributed by atoms with Gasteiger partial charge < -0.3 is 20.3 Å². The molecule has 2 atom stereocenters. The predicted octanol–water partition coefficient (Wildman–Crippen LogP) is 1.80. The summed E-state index contributed by atoms with van der Waals surface area (Å²) < 4.78 is 43.4. The molecule has 1 heterocycles. The van der Waals surface area contributed by atoms with Gasteiger partial charge in [-0.1, -0.05) is 36.4 Å². The number of carbonyl (C=O) groups is 1. The average molecular weight is 406 g/mol. The van der Waals surface area contributed by atoms with Crippen LogP contribution in [0.3, 0.4) is 0 Å². The van der Waals surface area contributed by atoms with Gasteiger partial charge in [0.1, 0.15) is 0 Å². The lowest BCUT2D eigenvalue weighted by molar-refractivity contribution is -0.137. The van der Waals surface area contributed by atoms with Gasteiger partial charge in [0.2, 0.25) is 5.91 Å². The summed E-state index contributed by atoms with van der Waals surface area (Å²) >= 11 is 0. The van der Waals surface area contributed by atoms with Crippen LogP contribution in [0.5, 0.6) is 0 Å². The highest BCUT2D eigenvalue weighted by molar-refractivity contribution is 6.61. The van der Waals surface area contributed by atoms with E-state index in [4.69, 9.17) is 4.65 Å². The zero-order valence-corrected chi connectivity index (χ0v) is 15.9. The fourth-order valence-corrected chi connectivity index (χ4v) is 3.38. The standard InChI is InChI=1S/C20H22BF3N2O3/c1-25-17(11-8-13-6-9-14(10-7-13)20(22,23)24)19(27)26-12-18-15-4-2-3-5-16(15)21(28)29-18/h2-7,9-10,17-18,25,28H,8,11-12H2,1H3,(H,26,27). The van der Waals surface area contributed by atoms with Crippen molar-refractivity contribution in [3.63, 3.8) is 0 Å². The van der Waals surface area contributed by atoms with Crippen LogP contribution in [0.25, 0.3) is 0 Å². The largest absolute Gasteiger partial charge is 0.492 e. The molecule has 5 nitrogen and oxygen atoms in total. The molecule has 3 N–H and O–H groups in total. The number of halogens is 3. The number of nitrogens with one attached hydrogen (secondary N) is 2. The molecule has 154 valence electrons. The second-order valence-electron chi connectivity index (χ2n) is 6.93. The van der Waals surface area contributed by atoms with Crippen molar-refractivity contribution in [1.82, 2.24) is 10.6 Å². The quantitative estimate of drug-likeness (QED) is 0.614. The predicted molar refractivity (Wildman–Crippen MR) is 103 cm³/mol. The maximum absolute atomic E-state index is 12.6. The lowest BCUT2D eigenvalue weighted by atomic mass is 9.79. The van der Waals surface area contributed by atoms with Crippen LogP contribution in [0.15, 0.2) is 48.5 Å². The van der Waals surface area contributed by atoms with Crippen molar-refractivity contribution < 1.29 is 27.6 Å². The normalized spacial score (nSPS) is 17.1. The van der Waals surface area contributed by atoms with E-state index in [2.05, 4.69) is 10.6 Å². The Morgan fingerprint density at radius 1 is 1.21 bits per heavy atom. The number of hydrogen-bond acceptors (Lipinski definition) is 4. The summed E-state index contributed by atoms with van der Waals surface area (Å²) in [5.41, 5.74) is 1.57. The number of aryl methyl sites for hydroxylation is 1. The molecular weight excluding hydrogens is 384 g/mol. The van der Waals surface area contributed by atoms with E-state index >= 15 is 0 Å². The minimum Gasteiger partial charge on any atom is -0.423 e. The zero-order chi connectivity index (χ0) is 21.0. The van der Waals surface area contributed by atoms with Crippen LogP contribution < -0.4 is 16.1 Å². The first kappa shape index (κ1) is 21.4. The Kier molecular flexibility index (Phi) is 6.61. The lowest BCUT2D eigenvalue weighted by Crippen LogP contribution is -2.44. The van der Waals surface area contributed by atoms with Crippen LogP contribution in [0.4, 0.5) is 13.2 Å². The number of rotatable bonds is 7. The Hall–Kier alpha value is -2.36. The van der Waals surface area contributed by atoms with Crippen LogP contribution in [0.2, 0.25) is 0 Å². The Balaban J connectivity index is 1.52. The minimum absolute atomic E-state index is 0.214. The van der Waals surface area contributed by atoms with Gasteiger partial charge in [0.05, 0.1) is 17.7 Å². The van der Waals surface area contributed by atoms with E-state index in [1.807, 2.05) is 18.2 Å². The monoisotopic (exact) mass is 406 g/mol. The maximum Gasteiger partial charge on any atom is 0.492 e. The van der Waals surface area contributed by atoms with Crippen molar-refractivity contribution in [2.45, 2.75) is 31.2 Å². The molecule has 1 amide bonds. The van der Waals surface area contributed by atoms with Gasteiger partial charge in [-0.15, -0.1) is 0 Å².